The van der Waals surface area contributed by atoms with Gasteiger partial charge in [0.2, 0.25) is 10.0 Å². The van der Waals surface area contributed by atoms with E-state index in [-0.39, 0.29) is 6.04 Å². The van der Waals surface area contributed by atoms with Gasteiger partial charge in [-0.2, -0.15) is 5.10 Å². The van der Waals surface area contributed by atoms with Crippen LogP contribution in [0.4, 0.5) is 0 Å². The molecule has 0 aliphatic carbocycles. The van der Waals surface area contributed by atoms with Crippen molar-refractivity contribution < 1.29 is 8.42 Å². The lowest BCUT2D eigenvalue weighted by atomic mass is 10.3. The standard InChI is InChI=1S/C11H22N4O2S/c1-10(2)12-9-11(3)18(16,17)14-6-8-15-7-4-5-13-15/h4-5,7,10-12,14H,6,8-9H2,1-3H3. The van der Waals surface area contributed by atoms with Gasteiger partial charge < -0.3 is 5.32 Å². The monoisotopic (exact) mass is 274 g/mol. The molecule has 0 bridgehead atoms. The van der Waals surface area contributed by atoms with E-state index in [2.05, 4.69) is 15.1 Å². The molecule has 0 aliphatic heterocycles. The van der Waals surface area contributed by atoms with Crippen LogP contribution in [-0.4, -0.2) is 42.6 Å². The van der Waals surface area contributed by atoms with Gasteiger partial charge in [0.1, 0.15) is 0 Å². The summed E-state index contributed by atoms with van der Waals surface area (Å²) < 4.78 is 28.1. The maximum absolute atomic E-state index is 11.9. The summed E-state index contributed by atoms with van der Waals surface area (Å²) >= 11 is 0. The van der Waals surface area contributed by atoms with Crippen LogP contribution in [0.15, 0.2) is 18.5 Å². The average molecular weight is 274 g/mol. The van der Waals surface area contributed by atoms with Gasteiger partial charge in [0.25, 0.3) is 0 Å². The minimum absolute atomic E-state index is 0.284. The van der Waals surface area contributed by atoms with E-state index >= 15 is 0 Å². The molecule has 0 spiro atoms. The van der Waals surface area contributed by atoms with Gasteiger partial charge in [-0.1, -0.05) is 13.8 Å². The summed E-state index contributed by atoms with van der Waals surface area (Å²) in [4.78, 5) is 0. The first-order valence-corrected chi connectivity index (χ1v) is 7.65. The Balaban J connectivity index is 2.34. The van der Waals surface area contributed by atoms with Crippen LogP contribution in [0, 0.1) is 0 Å². The SMILES string of the molecule is CC(C)NCC(C)S(=O)(=O)NCCn1cccn1. The maximum Gasteiger partial charge on any atom is 0.215 e. The van der Waals surface area contributed by atoms with Crippen molar-refractivity contribution in [2.24, 2.45) is 0 Å². The molecule has 7 heteroatoms. The number of nitrogens with one attached hydrogen (secondary N) is 2. The van der Waals surface area contributed by atoms with Crippen molar-refractivity contribution in [3.63, 3.8) is 0 Å². The number of aromatic nitrogens is 2. The second-order valence-electron chi connectivity index (χ2n) is 4.58. The lowest BCUT2D eigenvalue weighted by molar-refractivity contribution is 0.531. The van der Waals surface area contributed by atoms with E-state index < -0.39 is 15.3 Å². The Morgan fingerprint density at radius 3 is 2.61 bits per heavy atom. The van der Waals surface area contributed by atoms with Crippen LogP contribution < -0.4 is 10.0 Å². The van der Waals surface area contributed by atoms with Crippen molar-refractivity contribution in [1.82, 2.24) is 19.8 Å². The highest BCUT2D eigenvalue weighted by Crippen LogP contribution is 1.97. The van der Waals surface area contributed by atoms with Crippen molar-refractivity contribution in [3.05, 3.63) is 18.5 Å². The van der Waals surface area contributed by atoms with Crippen LogP contribution in [0.2, 0.25) is 0 Å². The van der Waals surface area contributed by atoms with Crippen LogP contribution in [0.1, 0.15) is 20.8 Å². The molecule has 1 unspecified atom stereocenters. The first-order valence-electron chi connectivity index (χ1n) is 6.11. The molecule has 0 radical (unpaired) electrons. The lowest BCUT2D eigenvalue weighted by Gasteiger charge is -2.16. The third-order valence-corrected chi connectivity index (χ3v) is 4.38. The van der Waals surface area contributed by atoms with Gasteiger partial charge in [-0.05, 0) is 13.0 Å². The van der Waals surface area contributed by atoms with E-state index in [0.29, 0.717) is 19.6 Å². The van der Waals surface area contributed by atoms with Crippen molar-refractivity contribution in [2.75, 3.05) is 13.1 Å². The molecule has 1 heterocycles. The molecule has 0 fully saturated rings. The molecule has 104 valence electrons. The zero-order valence-corrected chi connectivity index (χ0v) is 11.9. The summed E-state index contributed by atoms with van der Waals surface area (Å²) in [6, 6.07) is 2.09. The summed E-state index contributed by atoms with van der Waals surface area (Å²) in [6.07, 6.45) is 3.47. The first kappa shape index (κ1) is 15.1. The lowest BCUT2D eigenvalue weighted by Crippen LogP contribution is -2.41. The van der Waals surface area contributed by atoms with Gasteiger partial charge >= 0.3 is 0 Å². The Labute approximate surface area is 109 Å². The second kappa shape index (κ2) is 6.86. The normalized spacial score (nSPS) is 14.0. The van der Waals surface area contributed by atoms with Crippen LogP contribution in [-0.2, 0) is 16.6 Å². The van der Waals surface area contributed by atoms with Crippen LogP contribution in [0.3, 0.4) is 0 Å². The van der Waals surface area contributed by atoms with E-state index in [9.17, 15) is 8.42 Å². The second-order valence-corrected chi connectivity index (χ2v) is 6.77. The van der Waals surface area contributed by atoms with Gasteiger partial charge in [-0.3, -0.25) is 4.68 Å². The van der Waals surface area contributed by atoms with Gasteiger partial charge in [-0.15, -0.1) is 0 Å². The summed E-state index contributed by atoms with van der Waals surface area (Å²) in [5, 5.41) is 6.68. The molecule has 6 nitrogen and oxygen atoms in total. The Hall–Kier alpha value is -0.920. The Bertz CT molecular complexity index is 428. The molecule has 0 aromatic carbocycles. The minimum atomic E-state index is -3.26. The zero-order chi connectivity index (χ0) is 13.6. The Kier molecular flexibility index (Phi) is 5.77. The fraction of sp³-hybridized carbons (Fsp3) is 0.727. The van der Waals surface area contributed by atoms with Gasteiger partial charge in [0, 0.05) is 31.5 Å². The summed E-state index contributed by atoms with van der Waals surface area (Å²) in [5.74, 6) is 0. The molecule has 18 heavy (non-hydrogen) atoms. The van der Waals surface area contributed by atoms with E-state index in [0.717, 1.165) is 0 Å². The highest BCUT2D eigenvalue weighted by molar-refractivity contribution is 7.90. The molecule has 1 aromatic rings. The third-order valence-electron chi connectivity index (χ3n) is 2.55. The van der Waals surface area contributed by atoms with Crippen molar-refractivity contribution in [2.45, 2.75) is 38.6 Å². The highest BCUT2D eigenvalue weighted by atomic mass is 32.2. The number of nitrogens with zero attached hydrogens (tertiary/aromatic N) is 2. The molecule has 0 amide bonds. The highest BCUT2D eigenvalue weighted by Gasteiger charge is 2.19. The minimum Gasteiger partial charge on any atom is -0.313 e. The summed E-state index contributed by atoms with van der Waals surface area (Å²) in [7, 11) is -3.26. The van der Waals surface area contributed by atoms with E-state index in [4.69, 9.17) is 0 Å². The fourth-order valence-electron chi connectivity index (χ4n) is 1.39. The summed E-state index contributed by atoms with van der Waals surface area (Å²) in [6.45, 7) is 7.03. The molecular weight excluding hydrogens is 252 g/mol. The number of sulfonamides is 1. The quantitative estimate of drug-likeness (QED) is 0.709. The molecule has 2 N–H and O–H groups in total. The largest absolute Gasteiger partial charge is 0.313 e. The molecular formula is C11H22N4O2S. The zero-order valence-electron chi connectivity index (χ0n) is 11.1. The van der Waals surface area contributed by atoms with E-state index in [1.54, 1.807) is 24.0 Å². The van der Waals surface area contributed by atoms with Crippen LogP contribution >= 0.6 is 0 Å². The van der Waals surface area contributed by atoms with Crippen molar-refractivity contribution in [3.8, 4) is 0 Å². The Morgan fingerprint density at radius 1 is 1.33 bits per heavy atom. The van der Waals surface area contributed by atoms with Crippen LogP contribution in [0.25, 0.3) is 0 Å². The van der Waals surface area contributed by atoms with E-state index in [1.165, 1.54) is 0 Å². The Morgan fingerprint density at radius 2 is 2.06 bits per heavy atom. The molecule has 1 atom stereocenters. The molecule has 0 saturated heterocycles. The molecule has 0 saturated carbocycles. The average Bonchev–Trinajstić information content (AvgIpc) is 2.78. The topological polar surface area (TPSA) is 76.0 Å². The van der Waals surface area contributed by atoms with Crippen molar-refractivity contribution in [1.29, 1.82) is 0 Å². The molecule has 0 aliphatic rings. The number of hydrogen-bond acceptors (Lipinski definition) is 4. The third kappa shape index (κ3) is 5.16. The first-order chi connectivity index (χ1) is 8.42. The smallest absolute Gasteiger partial charge is 0.215 e. The summed E-state index contributed by atoms with van der Waals surface area (Å²) in [5.41, 5.74) is 0. The number of hydrogen-bond donors (Lipinski definition) is 2. The van der Waals surface area contributed by atoms with Gasteiger partial charge in [-0.25, -0.2) is 13.1 Å². The van der Waals surface area contributed by atoms with E-state index in [1.807, 2.05) is 19.9 Å². The molecule has 1 aromatic heterocycles. The predicted molar refractivity (Wildman–Crippen MR) is 71.8 cm³/mol. The van der Waals surface area contributed by atoms with Crippen LogP contribution in [0.5, 0.6) is 0 Å². The van der Waals surface area contributed by atoms with Gasteiger partial charge in [0.15, 0.2) is 0 Å². The van der Waals surface area contributed by atoms with Gasteiger partial charge in [0.05, 0.1) is 11.8 Å². The fourth-order valence-corrected chi connectivity index (χ4v) is 2.36. The number of rotatable bonds is 8. The maximum atomic E-state index is 11.9. The predicted octanol–water partition coefficient (Wildman–Crippen LogP) is 0.189. The molecule has 1 rings (SSSR count). The van der Waals surface area contributed by atoms with Crippen molar-refractivity contribution >= 4 is 10.0 Å².